The highest BCUT2D eigenvalue weighted by Crippen LogP contribution is 2.18. The number of rotatable bonds is 6. The van der Waals surface area contributed by atoms with Crippen molar-refractivity contribution < 1.29 is 0 Å². The maximum Gasteiger partial charge on any atom is 0.188 e. The summed E-state index contributed by atoms with van der Waals surface area (Å²) in [7, 11) is 0. The van der Waals surface area contributed by atoms with E-state index in [0.717, 1.165) is 26.1 Å². The third kappa shape index (κ3) is 7.43. The minimum absolute atomic E-state index is 0. The van der Waals surface area contributed by atoms with E-state index in [1.54, 1.807) is 0 Å². The summed E-state index contributed by atoms with van der Waals surface area (Å²) in [5.41, 5.74) is 7.56. The molecule has 1 heterocycles. The predicted molar refractivity (Wildman–Crippen MR) is 121 cm³/mol. The maximum absolute atomic E-state index is 6.13. The SMILES string of the molecule is I.NC(=NCC1CCN(CCc2ccccc2)C1)NC1CCCCCC1. The predicted octanol–water partition coefficient (Wildman–Crippen LogP) is 3.80. The number of guanidine groups is 1. The van der Waals surface area contributed by atoms with Crippen LogP contribution in [0.1, 0.15) is 50.5 Å². The number of nitrogens with two attached hydrogens (primary N) is 1. The summed E-state index contributed by atoms with van der Waals surface area (Å²) in [5, 5.41) is 3.45. The van der Waals surface area contributed by atoms with Gasteiger partial charge in [-0.05, 0) is 43.7 Å². The maximum atomic E-state index is 6.13. The zero-order chi connectivity index (χ0) is 17.3. The van der Waals surface area contributed by atoms with Crippen LogP contribution in [0.4, 0.5) is 0 Å². The highest BCUT2D eigenvalue weighted by atomic mass is 127. The first-order valence-electron chi connectivity index (χ1n) is 10.1. The summed E-state index contributed by atoms with van der Waals surface area (Å²) in [4.78, 5) is 7.21. The van der Waals surface area contributed by atoms with Gasteiger partial charge < -0.3 is 16.0 Å². The van der Waals surface area contributed by atoms with Crippen molar-refractivity contribution in [2.75, 3.05) is 26.2 Å². The number of hydrogen-bond acceptors (Lipinski definition) is 2. The van der Waals surface area contributed by atoms with Crippen molar-refractivity contribution in [1.82, 2.24) is 10.2 Å². The van der Waals surface area contributed by atoms with E-state index in [1.165, 1.54) is 57.1 Å². The quantitative estimate of drug-likeness (QED) is 0.288. The van der Waals surface area contributed by atoms with Crippen LogP contribution in [0, 0.1) is 5.92 Å². The fourth-order valence-electron chi connectivity index (χ4n) is 4.10. The van der Waals surface area contributed by atoms with Gasteiger partial charge in [-0.3, -0.25) is 4.99 Å². The van der Waals surface area contributed by atoms with Crippen molar-refractivity contribution in [3.8, 4) is 0 Å². The molecule has 146 valence electrons. The first-order chi connectivity index (χ1) is 12.3. The van der Waals surface area contributed by atoms with Gasteiger partial charge in [-0.1, -0.05) is 56.0 Å². The van der Waals surface area contributed by atoms with Gasteiger partial charge in [-0.2, -0.15) is 0 Å². The molecule has 26 heavy (non-hydrogen) atoms. The fourth-order valence-corrected chi connectivity index (χ4v) is 4.10. The Labute approximate surface area is 176 Å². The Hall–Kier alpha value is -0.820. The van der Waals surface area contributed by atoms with E-state index < -0.39 is 0 Å². The fraction of sp³-hybridized carbons (Fsp3) is 0.667. The minimum atomic E-state index is 0. The minimum Gasteiger partial charge on any atom is -0.370 e. The first-order valence-corrected chi connectivity index (χ1v) is 10.1. The van der Waals surface area contributed by atoms with Gasteiger partial charge in [-0.15, -0.1) is 24.0 Å². The molecular formula is C21H35IN4. The van der Waals surface area contributed by atoms with Crippen LogP contribution in [-0.4, -0.2) is 43.1 Å². The molecule has 1 unspecified atom stereocenters. The summed E-state index contributed by atoms with van der Waals surface area (Å²) in [6.45, 7) is 4.38. The van der Waals surface area contributed by atoms with Crippen LogP contribution in [0.3, 0.4) is 0 Å². The molecule has 1 aliphatic heterocycles. The van der Waals surface area contributed by atoms with Gasteiger partial charge in [-0.25, -0.2) is 0 Å². The molecule has 5 heteroatoms. The average Bonchev–Trinajstić information content (AvgIpc) is 2.94. The molecule has 0 bridgehead atoms. The van der Waals surface area contributed by atoms with Crippen LogP contribution in [0.25, 0.3) is 0 Å². The summed E-state index contributed by atoms with van der Waals surface area (Å²) in [6.07, 6.45) is 10.3. The molecule has 1 aromatic carbocycles. The van der Waals surface area contributed by atoms with E-state index in [2.05, 4.69) is 45.5 Å². The van der Waals surface area contributed by atoms with Gasteiger partial charge in [0.05, 0.1) is 0 Å². The summed E-state index contributed by atoms with van der Waals surface area (Å²) in [5.74, 6) is 1.32. The van der Waals surface area contributed by atoms with Crippen LogP contribution >= 0.6 is 24.0 Å². The van der Waals surface area contributed by atoms with E-state index >= 15 is 0 Å². The molecule has 0 aromatic heterocycles. The number of nitrogens with zero attached hydrogens (tertiary/aromatic N) is 2. The molecule has 0 spiro atoms. The van der Waals surface area contributed by atoms with Gasteiger partial charge in [0.1, 0.15) is 0 Å². The average molecular weight is 470 g/mol. The second kappa shape index (κ2) is 11.8. The lowest BCUT2D eigenvalue weighted by atomic mass is 10.1. The summed E-state index contributed by atoms with van der Waals surface area (Å²) >= 11 is 0. The number of halogens is 1. The third-order valence-corrected chi connectivity index (χ3v) is 5.66. The van der Waals surface area contributed by atoms with E-state index in [9.17, 15) is 0 Å². The molecule has 0 amide bonds. The second-order valence-electron chi connectivity index (χ2n) is 7.75. The Bertz CT molecular complexity index is 526. The van der Waals surface area contributed by atoms with E-state index in [0.29, 0.717) is 17.9 Å². The van der Waals surface area contributed by atoms with Crippen LogP contribution < -0.4 is 11.1 Å². The topological polar surface area (TPSA) is 53.6 Å². The van der Waals surface area contributed by atoms with Gasteiger partial charge in [0, 0.05) is 25.7 Å². The Morgan fingerprint density at radius 2 is 1.81 bits per heavy atom. The van der Waals surface area contributed by atoms with E-state index in [-0.39, 0.29) is 24.0 Å². The largest absolute Gasteiger partial charge is 0.370 e. The first kappa shape index (κ1) is 21.5. The molecular weight excluding hydrogens is 435 g/mol. The molecule has 1 saturated carbocycles. The Morgan fingerprint density at radius 3 is 2.54 bits per heavy atom. The van der Waals surface area contributed by atoms with Crippen LogP contribution in [0.2, 0.25) is 0 Å². The van der Waals surface area contributed by atoms with Gasteiger partial charge in [0.2, 0.25) is 0 Å². The molecule has 2 aliphatic rings. The lowest BCUT2D eigenvalue weighted by Crippen LogP contribution is -2.40. The molecule has 1 aliphatic carbocycles. The van der Waals surface area contributed by atoms with Gasteiger partial charge in [0.15, 0.2) is 5.96 Å². The zero-order valence-corrected chi connectivity index (χ0v) is 18.2. The molecule has 4 nitrogen and oxygen atoms in total. The number of aliphatic imine (C=N–C) groups is 1. The number of benzene rings is 1. The van der Waals surface area contributed by atoms with Crippen molar-refractivity contribution >= 4 is 29.9 Å². The normalized spacial score (nSPS) is 22.6. The molecule has 0 radical (unpaired) electrons. The van der Waals surface area contributed by atoms with E-state index in [4.69, 9.17) is 5.73 Å². The molecule has 1 atom stereocenters. The van der Waals surface area contributed by atoms with Crippen molar-refractivity contribution in [2.45, 2.75) is 57.4 Å². The van der Waals surface area contributed by atoms with Crippen LogP contribution in [-0.2, 0) is 6.42 Å². The number of hydrogen-bond donors (Lipinski definition) is 2. The van der Waals surface area contributed by atoms with Gasteiger partial charge >= 0.3 is 0 Å². The lowest BCUT2D eigenvalue weighted by Gasteiger charge is -2.17. The molecule has 3 rings (SSSR count). The van der Waals surface area contributed by atoms with Crippen molar-refractivity contribution in [2.24, 2.45) is 16.6 Å². The van der Waals surface area contributed by atoms with Crippen molar-refractivity contribution in [3.05, 3.63) is 35.9 Å². The standard InChI is InChI=1S/C21H34N4.HI/c22-21(24-20-10-6-1-2-7-11-20)23-16-19-13-15-25(17-19)14-12-18-8-4-3-5-9-18;/h3-5,8-9,19-20H,1-2,6-7,10-17H2,(H3,22,23,24);1H. The monoisotopic (exact) mass is 470 g/mol. The lowest BCUT2D eigenvalue weighted by molar-refractivity contribution is 0.329. The summed E-state index contributed by atoms with van der Waals surface area (Å²) in [6, 6.07) is 11.3. The van der Waals surface area contributed by atoms with Gasteiger partial charge in [0.25, 0.3) is 0 Å². The molecule has 1 saturated heterocycles. The molecule has 1 aromatic rings. The number of nitrogens with one attached hydrogen (secondary N) is 1. The third-order valence-electron chi connectivity index (χ3n) is 5.66. The van der Waals surface area contributed by atoms with Crippen molar-refractivity contribution in [1.29, 1.82) is 0 Å². The molecule has 3 N–H and O–H groups in total. The second-order valence-corrected chi connectivity index (χ2v) is 7.75. The summed E-state index contributed by atoms with van der Waals surface area (Å²) < 4.78 is 0. The highest BCUT2D eigenvalue weighted by Gasteiger charge is 2.22. The Kier molecular flexibility index (Phi) is 9.75. The smallest absolute Gasteiger partial charge is 0.188 e. The number of likely N-dealkylation sites (tertiary alicyclic amines) is 1. The Morgan fingerprint density at radius 1 is 1.08 bits per heavy atom. The van der Waals surface area contributed by atoms with Crippen LogP contribution in [0.15, 0.2) is 35.3 Å². The highest BCUT2D eigenvalue weighted by molar-refractivity contribution is 14.0. The van der Waals surface area contributed by atoms with Crippen molar-refractivity contribution in [3.63, 3.8) is 0 Å². The Balaban J connectivity index is 0.00000243. The van der Waals surface area contributed by atoms with Crippen LogP contribution in [0.5, 0.6) is 0 Å². The van der Waals surface area contributed by atoms with E-state index in [1.807, 2.05) is 0 Å². The zero-order valence-electron chi connectivity index (χ0n) is 15.9. The molecule has 2 fully saturated rings.